The Morgan fingerprint density at radius 1 is 1.14 bits per heavy atom. The molecule has 0 aliphatic carbocycles. The number of halogens is 1. The summed E-state index contributed by atoms with van der Waals surface area (Å²) >= 11 is 0. The molecule has 1 N–H and O–H groups in total. The summed E-state index contributed by atoms with van der Waals surface area (Å²) in [5, 5.41) is 9.12. The first-order chi connectivity index (χ1) is 10.0. The zero-order valence-electron chi connectivity index (χ0n) is 11.3. The van der Waals surface area contributed by atoms with E-state index in [0.717, 1.165) is 6.07 Å². The van der Waals surface area contributed by atoms with Gasteiger partial charge in [-0.05, 0) is 42.3 Å². The minimum atomic E-state index is -1.21. The molecule has 0 unspecified atom stereocenters. The van der Waals surface area contributed by atoms with E-state index in [2.05, 4.69) is 0 Å². The zero-order valence-corrected chi connectivity index (χ0v) is 11.3. The number of hydrogen-bond acceptors (Lipinski definition) is 3. The summed E-state index contributed by atoms with van der Waals surface area (Å²) in [5.41, 5.74) is 1.22. The summed E-state index contributed by atoms with van der Waals surface area (Å²) in [6.07, 6.45) is 0. The summed E-state index contributed by atoms with van der Waals surface area (Å²) in [7, 11) is 0. The lowest BCUT2D eigenvalue weighted by Gasteiger charge is -2.07. The van der Waals surface area contributed by atoms with Crippen molar-refractivity contribution in [1.82, 2.24) is 0 Å². The summed E-state index contributed by atoms with van der Waals surface area (Å²) in [6.45, 7) is 1.99. The highest BCUT2D eigenvalue weighted by Gasteiger charge is 2.13. The van der Waals surface area contributed by atoms with Gasteiger partial charge >= 0.3 is 11.9 Å². The van der Waals surface area contributed by atoms with Crippen LogP contribution in [0.15, 0.2) is 42.5 Å². The Bertz CT molecular complexity index is 677. The molecule has 108 valence electrons. The van der Waals surface area contributed by atoms with Crippen LogP contribution in [0.5, 0.6) is 0 Å². The van der Waals surface area contributed by atoms with E-state index in [-0.39, 0.29) is 12.2 Å². The van der Waals surface area contributed by atoms with Crippen molar-refractivity contribution in [3.63, 3.8) is 0 Å². The lowest BCUT2D eigenvalue weighted by Crippen LogP contribution is -2.04. The van der Waals surface area contributed by atoms with Gasteiger partial charge in [-0.2, -0.15) is 0 Å². The number of carbonyl (C=O) groups excluding carboxylic acids is 1. The van der Waals surface area contributed by atoms with Crippen molar-refractivity contribution >= 4 is 11.9 Å². The molecule has 0 spiro atoms. The molecule has 0 aliphatic heterocycles. The molecule has 4 nitrogen and oxygen atoms in total. The molecule has 0 fully saturated rings. The maximum atomic E-state index is 13.2. The van der Waals surface area contributed by atoms with E-state index < -0.39 is 17.8 Å². The predicted octanol–water partition coefficient (Wildman–Crippen LogP) is 3.37. The van der Waals surface area contributed by atoms with Crippen molar-refractivity contribution in [3.8, 4) is 11.1 Å². The summed E-state index contributed by atoms with van der Waals surface area (Å²) in [4.78, 5) is 22.7. The molecule has 0 aromatic heterocycles. The van der Waals surface area contributed by atoms with Crippen LogP contribution in [0.1, 0.15) is 27.6 Å². The van der Waals surface area contributed by atoms with Crippen LogP contribution in [0, 0.1) is 5.82 Å². The third-order valence-electron chi connectivity index (χ3n) is 2.92. The Morgan fingerprint density at radius 2 is 1.81 bits per heavy atom. The first kappa shape index (κ1) is 14.7. The van der Waals surface area contributed by atoms with Crippen molar-refractivity contribution < 1.29 is 23.8 Å². The largest absolute Gasteiger partial charge is 0.478 e. The minimum Gasteiger partial charge on any atom is -0.478 e. The quantitative estimate of drug-likeness (QED) is 0.876. The van der Waals surface area contributed by atoms with E-state index >= 15 is 0 Å². The van der Waals surface area contributed by atoms with E-state index in [4.69, 9.17) is 9.84 Å². The van der Waals surface area contributed by atoms with Gasteiger partial charge in [-0.1, -0.05) is 18.2 Å². The Kier molecular flexibility index (Phi) is 4.33. The number of benzene rings is 2. The maximum absolute atomic E-state index is 13.2. The maximum Gasteiger partial charge on any atom is 0.338 e. The molecule has 0 saturated carbocycles. The smallest absolute Gasteiger partial charge is 0.338 e. The van der Waals surface area contributed by atoms with Crippen LogP contribution in [0.25, 0.3) is 11.1 Å². The zero-order chi connectivity index (χ0) is 15.4. The number of aromatic carboxylic acids is 1. The predicted molar refractivity (Wildman–Crippen MR) is 74.8 cm³/mol. The van der Waals surface area contributed by atoms with Gasteiger partial charge in [0.05, 0.1) is 17.7 Å². The number of esters is 1. The molecular weight excluding hydrogens is 275 g/mol. The van der Waals surface area contributed by atoms with Gasteiger partial charge in [-0.3, -0.25) is 0 Å². The van der Waals surface area contributed by atoms with Crippen LogP contribution < -0.4 is 0 Å². The van der Waals surface area contributed by atoms with Gasteiger partial charge < -0.3 is 9.84 Å². The van der Waals surface area contributed by atoms with Gasteiger partial charge in [0.15, 0.2) is 0 Å². The molecule has 5 heteroatoms. The molecule has 2 aromatic rings. The summed E-state index contributed by atoms with van der Waals surface area (Å²) < 4.78 is 18.0. The van der Waals surface area contributed by atoms with Crippen LogP contribution in [-0.4, -0.2) is 23.7 Å². The normalized spacial score (nSPS) is 10.2. The molecule has 2 aromatic carbocycles. The average molecular weight is 288 g/mol. The number of carboxylic acid groups (broad SMARTS) is 1. The van der Waals surface area contributed by atoms with Crippen LogP contribution >= 0.6 is 0 Å². The Hall–Kier alpha value is -2.69. The Balaban J connectivity index is 2.39. The third-order valence-corrected chi connectivity index (χ3v) is 2.92. The molecule has 0 saturated heterocycles. The van der Waals surface area contributed by atoms with E-state index in [1.807, 2.05) is 0 Å². The molecule has 2 rings (SSSR count). The second kappa shape index (κ2) is 6.17. The van der Waals surface area contributed by atoms with Crippen molar-refractivity contribution in [3.05, 3.63) is 59.4 Å². The van der Waals surface area contributed by atoms with E-state index in [9.17, 15) is 14.0 Å². The van der Waals surface area contributed by atoms with E-state index in [1.165, 1.54) is 12.1 Å². The molecule has 21 heavy (non-hydrogen) atoms. The minimum absolute atomic E-state index is 0.126. The first-order valence-electron chi connectivity index (χ1n) is 6.33. The second-order valence-corrected chi connectivity index (χ2v) is 4.29. The molecule has 0 amide bonds. The topological polar surface area (TPSA) is 63.6 Å². The Morgan fingerprint density at radius 3 is 2.38 bits per heavy atom. The Labute approximate surface area is 120 Å². The lowest BCUT2D eigenvalue weighted by molar-refractivity contribution is 0.0525. The molecule has 0 radical (unpaired) electrons. The highest BCUT2D eigenvalue weighted by molar-refractivity contribution is 5.96. The number of carboxylic acids is 1. The van der Waals surface area contributed by atoms with Gasteiger partial charge in [0, 0.05) is 0 Å². The number of hydrogen-bond donors (Lipinski definition) is 1. The molecule has 0 atom stereocenters. The summed E-state index contributed by atoms with van der Waals surface area (Å²) in [5.74, 6) is -2.26. The number of rotatable bonds is 4. The van der Waals surface area contributed by atoms with Crippen LogP contribution in [-0.2, 0) is 4.74 Å². The fourth-order valence-electron chi connectivity index (χ4n) is 1.95. The molecule has 0 heterocycles. The molecule has 0 bridgehead atoms. The third kappa shape index (κ3) is 3.25. The van der Waals surface area contributed by atoms with Crippen LogP contribution in [0.4, 0.5) is 4.39 Å². The van der Waals surface area contributed by atoms with Crippen molar-refractivity contribution in [2.75, 3.05) is 6.61 Å². The standard InChI is InChI=1S/C16H13FO4/c1-2-21-16(20)11-5-3-10(4-6-11)13-8-7-12(17)9-14(13)15(18)19/h3-9H,2H2,1H3,(H,18,19). The molecular formula is C16H13FO4. The number of carbonyl (C=O) groups is 2. The fourth-order valence-corrected chi connectivity index (χ4v) is 1.95. The molecule has 0 aliphatic rings. The highest BCUT2D eigenvalue weighted by atomic mass is 19.1. The van der Waals surface area contributed by atoms with Gasteiger partial charge in [0.2, 0.25) is 0 Å². The monoisotopic (exact) mass is 288 g/mol. The van der Waals surface area contributed by atoms with Crippen LogP contribution in [0.3, 0.4) is 0 Å². The van der Waals surface area contributed by atoms with Gasteiger partial charge in [0.25, 0.3) is 0 Å². The first-order valence-corrected chi connectivity index (χ1v) is 6.33. The van der Waals surface area contributed by atoms with Crippen molar-refractivity contribution in [1.29, 1.82) is 0 Å². The van der Waals surface area contributed by atoms with Gasteiger partial charge in [-0.25, -0.2) is 14.0 Å². The average Bonchev–Trinajstić information content (AvgIpc) is 2.47. The number of ether oxygens (including phenoxy) is 1. The highest BCUT2D eigenvalue weighted by Crippen LogP contribution is 2.25. The van der Waals surface area contributed by atoms with Gasteiger partial charge in [0.1, 0.15) is 5.82 Å². The van der Waals surface area contributed by atoms with Crippen molar-refractivity contribution in [2.24, 2.45) is 0 Å². The SMILES string of the molecule is CCOC(=O)c1ccc(-c2ccc(F)cc2C(=O)O)cc1. The lowest BCUT2D eigenvalue weighted by atomic mass is 9.98. The van der Waals surface area contributed by atoms with Crippen LogP contribution in [0.2, 0.25) is 0 Å². The van der Waals surface area contributed by atoms with Gasteiger partial charge in [-0.15, -0.1) is 0 Å². The van der Waals surface area contributed by atoms with E-state index in [1.54, 1.807) is 31.2 Å². The second-order valence-electron chi connectivity index (χ2n) is 4.29. The van der Waals surface area contributed by atoms with E-state index in [0.29, 0.717) is 16.7 Å². The van der Waals surface area contributed by atoms with Crippen molar-refractivity contribution in [2.45, 2.75) is 6.92 Å². The fraction of sp³-hybridized carbons (Fsp3) is 0.125. The summed E-state index contributed by atoms with van der Waals surface area (Å²) in [6, 6.07) is 9.86.